The van der Waals surface area contributed by atoms with Crippen molar-refractivity contribution in [3.63, 3.8) is 0 Å². The first-order chi connectivity index (χ1) is 15.0. The first kappa shape index (κ1) is 20.9. The van der Waals surface area contributed by atoms with Gasteiger partial charge in [-0.1, -0.05) is 18.2 Å². The summed E-state index contributed by atoms with van der Waals surface area (Å²) in [7, 11) is 0. The predicted octanol–water partition coefficient (Wildman–Crippen LogP) is 2.69. The van der Waals surface area contributed by atoms with Crippen LogP contribution in [0, 0.1) is 13.8 Å². The zero-order valence-electron chi connectivity index (χ0n) is 17.5. The van der Waals surface area contributed by atoms with E-state index >= 15 is 0 Å². The maximum atomic E-state index is 12.7. The molecular formula is C22H24N6O2S. The SMILES string of the molecule is Cc1cc(N2CCN(C(=O)Cc3csc(NC(=O)c4ccccc4)n3)CC2)nc(C)n1. The summed E-state index contributed by atoms with van der Waals surface area (Å²) in [5, 5.41) is 5.11. The van der Waals surface area contributed by atoms with Crippen molar-refractivity contribution >= 4 is 34.1 Å². The van der Waals surface area contributed by atoms with Gasteiger partial charge in [0, 0.05) is 48.9 Å². The van der Waals surface area contributed by atoms with Crippen LogP contribution in [0.15, 0.2) is 41.8 Å². The molecule has 3 aromatic rings. The molecule has 0 bridgehead atoms. The Balaban J connectivity index is 1.30. The fourth-order valence-electron chi connectivity index (χ4n) is 3.52. The van der Waals surface area contributed by atoms with Crippen molar-refractivity contribution < 1.29 is 9.59 Å². The third-order valence-electron chi connectivity index (χ3n) is 5.05. The number of anilines is 2. The van der Waals surface area contributed by atoms with E-state index in [1.165, 1.54) is 11.3 Å². The van der Waals surface area contributed by atoms with Crippen LogP contribution < -0.4 is 10.2 Å². The summed E-state index contributed by atoms with van der Waals surface area (Å²) in [5.74, 6) is 1.50. The molecule has 9 heteroatoms. The molecule has 1 saturated heterocycles. The van der Waals surface area contributed by atoms with Crippen molar-refractivity contribution in [3.8, 4) is 0 Å². The number of piperazine rings is 1. The van der Waals surface area contributed by atoms with Gasteiger partial charge in [-0.15, -0.1) is 11.3 Å². The molecule has 160 valence electrons. The number of aryl methyl sites for hydroxylation is 2. The quantitative estimate of drug-likeness (QED) is 0.661. The van der Waals surface area contributed by atoms with Crippen molar-refractivity contribution in [2.75, 3.05) is 36.4 Å². The lowest BCUT2D eigenvalue weighted by Crippen LogP contribution is -2.49. The molecular weight excluding hydrogens is 412 g/mol. The second-order valence-corrected chi connectivity index (χ2v) is 8.28. The third-order valence-corrected chi connectivity index (χ3v) is 5.86. The highest BCUT2D eigenvalue weighted by Gasteiger charge is 2.23. The molecule has 3 heterocycles. The van der Waals surface area contributed by atoms with Gasteiger partial charge in [0.05, 0.1) is 12.1 Å². The molecule has 1 N–H and O–H groups in total. The van der Waals surface area contributed by atoms with E-state index in [0.29, 0.717) is 29.5 Å². The highest BCUT2D eigenvalue weighted by molar-refractivity contribution is 7.14. The standard InChI is InChI=1S/C22H24N6O2S/c1-15-12-19(24-16(2)23-15)27-8-10-28(11-9-27)20(29)13-18-14-31-22(25-18)26-21(30)17-6-4-3-5-7-17/h3-7,12,14H,8-11,13H2,1-2H3,(H,25,26,30). The molecule has 0 radical (unpaired) electrons. The van der Waals surface area contributed by atoms with Crippen LogP contribution in [-0.4, -0.2) is 57.8 Å². The Bertz CT molecular complexity index is 1060. The number of amides is 2. The lowest BCUT2D eigenvalue weighted by atomic mass is 10.2. The summed E-state index contributed by atoms with van der Waals surface area (Å²) in [6.45, 7) is 6.60. The molecule has 2 aromatic heterocycles. The highest BCUT2D eigenvalue weighted by atomic mass is 32.1. The van der Waals surface area contributed by atoms with Gasteiger partial charge in [-0.3, -0.25) is 14.9 Å². The molecule has 2 amide bonds. The Morgan fingerprint density at radius 2 is 1.77 bits per heavy atom. The van der Waals surface area contributed by atoms with Crippen molar-refractivity contribution in [2.45, 2.75) is 20.3 Å². The van der Waals surface area contributed by atoms with Crippen LogP contribution in [-0.2, 0) is 11.2 Å². The first-order valence-electron chi connectivity index (χ1n) is 10.1. The Labute approximate surface area is 185 Å². The van der Waals surface area contributed by atoms with Gasteiger partial charge in [-0.25, -0.2) is 15.0 Å². The van der Waals surface area contributed by atoms with Gasteiger partial charge in [-0.05, 0) is 26.0 Å². The van der Waals surface area contributed by atoms with E-state index < -0.39 is 0 Å². The molecule has 8 nitrogen and oxygen atoms in total. The van der Waals surface area contributed by atoms with Crippen molar-refractivity contribution in [2.24, 2.45) is 0 Å². The van der Waals surface area contributed by atoms with Crippen LogP contribution in [0.3, 0.4) is 0 Å². The first-order valence-corrected chi connectivity index (χ1v) is 11.0. The second-order valence-electron chi connectivity index (χ2n) is 7.42. The number of aromatic nitrogens is 3. The largest absolute Gasteiger partial charge is 0.353 e. The Kier molecular flexibility index (Phi) is 6.22. The van der Waals surface area contributed by atoms with Gasteiger partial charge in [0.1, 0.15) is 11.6 Å². The van der Waals surface area contributed by atoms with Gasteiger partial charge < -0.3 is 9.80 Å². The van der Waals surface area contributed by atoms with E-state index in [2.05, 4.69) is 25.2 Å². The van der Waals surface area contributed by atoms with E-state index in [4.69, 9.17) is 0 Å². The molecule has 4 rings (SSSR count). The van der Waals surface area contributed by atoms with Crippen molar-refractivity contribution in [1.29, 1.82) is 0 Å². The van der Waals surface area contributed by atoms with Gasteiger partial charge >= 0.3 is 0 Å². The molecule has 0 spiro atoms. The van der Waals surface area contributed by atoms with Gasteiger partial charge in [0.25, 0.3) is 5.91 Å². The van der Waals surface area contributed by atoms with Crippen molar-refractivity contribution in [1.82, 2.24) is 19.9 Å². The lowest BCUT2D eigenvalue weighted by molar-refractivity contribution is -0.130. The fraction of sp³-hybridized carbons (Fsp3) is 0.318. The Morgan fingerprint density at radius 3 is 2.48 bits per heavy atom. The Hall–Kier alpha value is -3.33. The Morgan fingerprint density at radius 1 is 1.03 bits per heavy atom. The van der Waals surface area contributed by atoms with Crippen LogP contribution in [0.1, 0.15) is 27.6 Å². The van der Waals surface area contributed by atoms with Gasteiger partial charge in [0.2, 0.25) is 5.91 Å². The number of rotatable bonds is 5. The van der Waals surface area contributed by atoms with E-state index in [1.54, 1.807) is 12.1 Å². The van der Waals surface area contributed by atoms with Crippen molar-refractivity contribution in [3.05, 3.63) is 64.6 Å². The molecule has 1 fully saturated rings. The number of carbonyl (C=O) groups is 2. The van der Waals surface area contributed by atoms with E-state index in [0.717, 1.165) is 30.4 Å². The van der Waals surface area contributed by atoms with Crippen LogP contribution in [0.25, 0.3) is 0 Å². The van der Waals surface area contributed by atoms with Crippen LogP contribution in [0.4, 0.5) is 10.9 Å². The van der Waals surface area contributed by atoms with E-state index in [-0.39, 0.29) is 18.2 Å². The van der Waals surface area contributed by atoms with Crippen LogP contribution in [0.2, 0.25) is 0 Å². The minimum absolute atomic E-state index is 0.0425. The number of nitrogens with zero attached hydrogens (tertiary/aromatic N) is 5. The predicted molar refractivity (Wildman–Crippen MR) is 121 cm³/mol. The molecule has 0 saturated carbocycles. The van der Waals surface area contributed by atoms with Crippen LogP contribution in [0.5, 0.6) is 0 Å². The monoisotopic (exact) mass is 436 g/mol. The molecule has 1 aliphatic heterocycles. The summed E-state index contributed by atoms with van der Waals surface area (Å²) < 4.78 is 0. The topological polar surface area (TPSA) is 91.3 Å². The molecule has 1 aliphatic rings. The van der Waals surface area contributed by atoms with Gasteiger partial charge in [0.15, 0.2) is 5.13 Å². The summed E-state index contributed by atoms with van der Waals surface area (Å²) in [6.07, 6.45) is 0.226. The summed E-state index contributed by atoms with van der Waals surface area (Å²) in [6, 6.07) is 11.0. The van der Waals surface area contributed by atoms with E-state index in [1.807, 2.05) is 48.4 Å². The number of nitrogens with one attached hydrogen (secondary N) is 1. The number of carbonyl (C=O) groups excluding carboxylic acids is 2. The summed E-state index contributed by atoms with van der Waals surface area (Å²) in [5.41, 5.74) is 2.19. The lowest BCUT2D eigenvalue weighted by Gasteiger charge is -2.35. The number of hydrogen-bond donors (Lipinski definition) is 1. The average molecular weight is 437 g/mol. The van der Waals surface area contributed by atoms with Gasteiger partial charge in [-0.2, -0.15) is 0 Å². The fourth-order valence-corrected chi connectivity index (χ4v) is 4.22. The zero-order valence-corrected chi connectivity index (χ0v) is 18.4. The summed E-state index contributed by atoms with van der Waals surface area (Å²) in [4.78, 5) is 42.3. The van der Waals surface area contributed by atoms with E-state index in [9.17, 15) is 9.59 Å². The second kappa shape index (κ2) is 9.22. The number of thiazole rings is 1. The number of benzene rings is 1. The average Bonchev–Trinajstić information content (AvgIpc) is 3.20. The molecule has 0 atom stereocenters. The molecule has 0 aliphatic carbocycles. The minimum atomic E-state index is -0.209. The third kappa shape index (κ3) is 5.24. The highest BCUT2D eigenvalue weighted by Crippen LogP contribution is 2.19. The minimum Gasteiger partial charge on any atom is -0.353 e. The van der Waals surface area contributed by atoms with Crippen LogP contribution >= 0.6 is 11.3 Å². The molecule has 0 unspecified atom stereocenters. The maximum absolute atomic E-state index is 12.7. The normalized spacial score (nSPS) is 13.9. The molecule has 31 heavy (non-hydrogen) atoms. The molecule has 1 aromatic carbocycles. The smallest absolute Gasteiger partial charge is 0.257 e. The zero-order chi connectivity index (χ0) is 21.8. The summed E-state index contributed by atoms with van der Waals surface area (Å²) >= 11 is 1.33. The number of hydrogen-bond acceptors (Lipinski definition) is 7. The maximum Gasteiger partial charge on any atom is 0.257 e.